The van der Waals surface area contributed by atoms with Gasteiger partial charge in [0.2, 0.25) is 5.28 Å². The Balaban J connectivity index is 2.13. The van der Waals surface area contributed by atoms with Crippen LogP contribution in [-0.4, -0.2) is 41.1 Å². The standard InChI is InChI=1S/C7H8Cl2N4O2S/c8-5-6(11-7(9)13-12-5)10-4-1-2-16(14,15)3-4/h4H,1-3H2,(H,10,11,13). The summed E-state index contributed by atoms with van der Waals surface area (Å²) in [6.07, 6.45) is 0.528. The first-order valence-electron chi connectivity index (χ1n) is 4.49. The molecule has 1 aliphatic heterocycles. The summed E-state index contributed by atoms with van der Waals surface area (Å²) in [6.45, 7) is 0. The highest BCUT2D eigenvalue weighted by molar-refractivity contribution is 7.91. The summed E-state index contributed by atoms with van der Waals surface area (Å²) >= 11 is 11.3. The smallest absolute Gasteiger partial charge is 0.245 e. The molecule has 1 fully saturated rings. The minimum absolute atomic E-state index is 0.0345. The summed E-state index contributed by atoms with van der Waals surface area (Å²) in [6, 6.07) is -0.199. The molecule has 88 valence electrons. The van der Waals surface area contributed by atoms with E-state index in [1.807, 2.05) is 0 Å². The molecule has 0 aliphatic carbocycles. The molecule has 0 saturated carbocycles. The average molecular weight is 283 g/mol. The van der Waals surface area contributed by atoms with Crippen LogP contribution in [0.3, 0.4) is 0 Å². The highest BCUT2D eigenvalue weighted by atomic mass is 35.5. The predicted octanol–water partition coefficient (Wildman–Crippen LogP) is 0.777. The average Bonchev–Trinajstić information content (AvgIpc) is 2.52. The van der Waals surface area contributed by atoms with E-state index in [9.17, 15) is 8.42 Å². The van der Waals surface area contributed by atoms with E-state index in [4.69, 9.17) is 23.2 Å². The zero-order chi connectivity index (χ0) is 11.8. The van der Waals surface area contributed by atoms with Crippen molar-refractivity contribution in [2.24, 2.45) is 0 Å². The third-order valence-corrected chi connectivity index (χ3v) is 4.38. The lowest BCUT2D eigenvalue weighted by molar-refractivity contribution is 0.602. The van der Waals surface area contributed by atoms with Gasteiger partial charge in [-0.1, -0.05) is 11.6 Å². The van der Waals surface area contributed by atoms with Crippen LogP contribution < -0.4 is 5.32 Å². The van der Waals surface area contributed by atoms with Crippen molar-refractivity contribution in [3.8, 4) is 0 Å². The van der Waals surface area contributed by atoms with E-state index in [2.05, 4.69) is 20.5 Å². The van der Waals surface area contributed by atoms with Crippen molar-refractivity contribution in [3.05, 3.63) is 10.4 Å². The van der Waals surface area contributed by atoms with E-state index >= 15 is 0 Å². The zero-order valence-corrected chi connectivity index (χ0v) is 10.3. The fourth-order valence-electron chi connectivity index (χ4n) is 1.49. The van der Waals surface area contributed by atoms with Crippen molar-refractivity contribution in [1.29, 1.82) is 0 Å². The summed E-state index contributed by atoms with van der Waals surface area (Å²) < 4.78 is 22.5. The van der Waals surface area contributed by atoms with Gasteiger partial charge in [-0.2, -0.15) is 4.98 Å². The van der Waals surface area contributed by atoms with Crippen molar-refractivity contribution in [2.45, 2.75) is 12.5 Å². The second-order valence-corrected chi connectivity index (χ2v) is 6.39. The van der Waals surface area contributed by atoms with Crippen molar-refractivity contribution >= 4 is 38.9 Å². The molecular weight excluding hydrogens is 275 g/mol. The number of hydrogen-bond donors (Lipinski definition) is 1. The number of halogens is 2. The van der Waals surface area contributed by atoms with Crippen LogP contribution in [0.4, 0.5) is 5.82 Å². The Morgan fingerprint density at radius 3 is 2.69 bits per heavy atom. The van der Waals surface area contributed by atoms with Gasteiger partial charge >= 0.3 is 0 Å². The first-order valence-corrected chi connectivity index (χ1v) is 7.07. The largest absolute Gasteiger partial charge is 0.364 e. The van der Waals surface area contributed by atoms with Crippen LogP contribution in [0.5, 0.6) is 0 Å². The Kier molecular flexibility index (Phi) is 3.18. The van der Waals surface area contributed by atoms with Gasteiger partial charge in [0.15, 0.2) is 20.8 Å². The molecule has 9 heteroatoms. The Morgan fingerprint density at radius 1 is 1.31 bits per heavy atom. The molecule has 0 spiro atoms. The number of nitrogens with zero attached hydrogens (tertiary/aromatic N) is 3. The van der Waals surface area contributed by atoms with Crippen LogP contribution in [0.2, 0.25) is 10.4 Å². The molecule has 1 saturated heterocycles. The van der Waals surface area contributed by atoms with Crippen molar-refractivity contribution in [2.75, 3.05) is 16.8 Å². The minimum atomic E-state index is -2.94. The van der Waals surface area contributed by atoms with Crippen LogP contribution in [0.25, 0.3) is 0 Å². The van der Waals surface area contributed by atoms with Crippen molar-refractivity contribution < 1.29 is 8.42 Å². The molecule has 1 unspecified atom stereocenters. The third kappa shape index (κ3) is 2.72. The van der Waals surface area contributed by atoms with E-state index in [1.54, 1.807) is 0 Å². The quantitative estimate of drug-likeness (QED) is 0.863. The lowest BCUT2D eigenvalue weighted by Crippen LogP contribution is -2.21. The maximum absolute atomic E-state index is 11.2. The summed E-state index contributed by atoms with van der Waals surface area (Å²) in [5, 5.41) is 9.96. The van der Waals surface area contributed by atoms with E-state index in [1.165, 1.54) is 0 Å². The van der Waals surface area contributed by atoms with E-state index in [0.29, 0.717) is 6.42 Å². The number of nitrogens with one attached hydrogen (secondary N) is 1. The number of sulfone groups is 1. The molecule has 0 amide bonds. The monoisotopic (exact) mass is 282 g/mol. The van der Waals surface area contributed by atoms with Gasteiger partial charge in [0.25, 0.3) is 0 Å². The van der Waals surface area contributed by atoms with Gasteiger partial charge in [0.05, 0.1) is 11.5 Å². The van der Waals surface area contributed by atoms with E-state index in [0.717, 1.165) is 0 Å². The Morgan fingerprint density at radius 2 is 2.06 bits per heavy atom. The fourth-order valence-corrected chi connectivity index (χ4v) is 3.42. The van der Waals surface area contributed by atoms with Gasteiger partial charge in [-0.05, 0) is 18.0 Å². The fraction of sp³-hybridized carbons (Fsp3) is 0.571. The molecule has 1 aromatic rings. The lowest BCUT2D eigenvalue weighted by atomic mass is 10.3. The maximum atomic E-state index is 11.2. The summed E-state index contributed by atoms with van der Waals surface area (Å²) in [4.78, 5) is 3.84. The van der Waals surface area contributed by atoms with Gasteiger partial charge in [-0.25, -0.2) is 8.42 Å². The summed E-state index contributed by atoms with van der Waals surface area (Å²) in [7, 11) is -2.94. The number of aromatic nitrogens is 3. The summed E-state index contributed by atoms with van der Waals surface area (Å²) in [5.74, 6) is 0.517. The molecule has 1 aromatic heterocycles. The molecule has 1 atom stereocenters. The van der Waals surface area contributed by atoms with Crippen LogP contribution in [-0.2, 0) is 9.84 Å². The first-order chi connectivity index (χ1) is 7.46. The van der Waals surface area contributed by atoms with Gasteiger partial charge in [0.1, 0.15) is 0 Å². The highest BCUT2D eigenvalue weighted by Crippen LogP contribution is 2.21. The number of anilines is 1. The SMILES string of the molecule is O=S1(=O)CCC(Nc2nc(Cl)nnc2Cl)C1. The molecular formula is C7H8Cl2N4O2S. The Hall–Kier alpha value is -0.660. The predicted molar refractivity (Wildman–Crippen MR) is 60.5 cm³/mol. The molecule has 1 aliphatic rings. The van der Waals surface area contributed by atoms with Gasteiger partial charge in [-0.15, -0.1) is 10.2 Å². The zero-order valence-electron chi connectivity index (χ0n) is 8.02. The molecule has 16 heavy (non-hydrogen) atoms. The van der Waals surface area contributed by atoms with Crippen LogP contribution >= 0.6 is 23.2 Å². The Bertz CT molecular complexity index is 507. The van der Waals surface area contributed by atoms with Crippen molar-refractivity contribution in [3.63, 3.8) is 0 Å². The van der Waals surface area contributed by atoms with Crippen molar-refractivity contribution in [1.82, 2.24) is 15.2 Å². The minimum Gasteiger partial charge on any atom is -0.364 e. The molecule has 1 N–H and O–H groups in total. The first kappa shape index (κ1) is 11.8. The number of hydrogen-bond acceptors (Lipinski definition) is 6. The molecule has 0 aromatic carbocycles. The maximum Gasteiger partial charge on any atom is 0.245 e. The van der Waals surface area contributed by atoms with Gasteiger partial charge in [-0.3, -0.25) is 0 Å². The third-order valence-electron chi connectivity index (χ3n) is 2.19. The second kappa shape index (κ2) is 4.31. The lowest BCUT2D eigenvalue weighted by Gasteiger charge is -2.11. The molecule has 0 radical (unpaired) electrons. The topological polar surface area (TPSA) is 84.8 Å². The molecule has 0 bridgehead atoms. The second-order valence-electron chi connectivity index (χ2n) is 3.46. The molecule has 2 heterocycles. The van der Waals surface area contributed by atoms with Gasteiger partial charge < -0.3 is 5.32 Å². The van der Waals surface area contributed by atoms with Gasteiger partial charge in [0, 0.05) is 6.04 Å². The molecule has 6 nitrogen and oxygen atoms in total. The van der Waals surface area contributed by atoms with E-state index in [-0.39, 0.29) is 33.8 Å². The molecule has 2 rings (SSSR count). The number of rotatable bonds is 2. The Labute approximate surface area is 102 Å². The van der Waals surface area contributed by atoms with Crippen LogP contribution in [0, 0.1) is 0 Å². The summed E-state index contributed by atoms with van der Waals surface area (Å²) in [5.41, 5.74) is 0. The van der Waals surface area contributed by atoms with E-state index < -0.39 is 9.84 Å². The normalized spacial score (nSPS) is 23.2. The highest BCUT2D eigenvalue weighted by Gasteiger charge is 2.28. The van der Waals surface area contributed by atoms with Crippen LogP contribution in [0.1, 0.15) is 6.42 Å². The van der Waals surface area contributed by atoms with Crippen LogP contribution in [0.15, 0.2) is 0 Å².